The third-order valence-electron chi connectivity index (χ3n) is 4.76. The van der Waals surface area contributed by atoms with Crippen LogP contribution in [0.5, 0.6) is 0 Å². The van der Waals surface area contributed by atoms with Crippen LogP contribution in [0, 0.1) is 17.8 Å². The Morgan fingerprint density at radius 1 is 1.18 bits per heavy atom. The van der Waals surface area contributed by atoms with Gasteiger partial charge in [-0.25, -0.2) is 0 Å². The smallest absolute Gasteiger partial charge is 0.0406 e. The topological polar surface area (TPSA) is 12.0 Å². The van der Waals surface area contributed by atoms with Gasteiger partial charge in [-0.3, -0.25) is 0 Å². The van der Waals surface area contributed by atoms with E-state index >= 15 is 0 Å². The molecule has 1 aromatic rings. The normalized spacial score (nSPS) is 32.9. The highest BCUT2D eigenvalue weighted by molar-refractivity contribution is 6.30. The minimum atomic E-state index is 0.516. The van der Waals surface area contributed by atoms with Crippen LogP contribution in [0.25, 0.3) is 0 Å². The van der Waals surface area contributed by atoms with Gasteiger partial charge < -0.3 is 5.32 Å². The molecule has 1 aromatic carbocycles. The van der Waals surface area contributed by atoms with Crippen molar-refractivity contribution in [1.29, 1.82) is 0 Å². The van der Waals surface area contributed by atoms with E-state index in [0.717, 1.165) is 22.8 Å². The van der Waals surface area contributed by atoms with Crippen LogP contribution < -0.4 is 5.32 Å². The Labute approximate surface area is 109 Å². The molecule has 0 saturated heterocycles. The number of hydrogen-bond acceptors (Lipinski definition) is 1. The Kier molecular flexibility index (Phi) is 3.14. The molecule has 0 heterocycles. The lowest BCUT2D eigenvalue weighted by Crippen LogP contribution is -2.28. The fourth-order valence-electron chi connectivity index (χ4n) is 4.00. The molecule has 2 aliphatic rings. The summed E-state index contributed by atoms with van der Waals surface area (Å²) in [5, 5.41) is 4.35. The van der Waals surface area contributed by atoms with Gasteiger partial charge in [0.25, 0.3) is 0 Å². The molecular weight excluding hydrogens is 230 g/mol. The summed E-state index contributed by atoms with van der Waals surface area (Å²) in [7, 11) is 2.09. The van der Waals surface area contributed by atoms with E-state index in [0.29, 0.717) is 6.04 Å². The van der Waals surface area contributed by atoms with Gasteiger partial charge in [0.2, 0.25) is 0 Å². The van der Waals surface area contributed by atoms with Crippen LogP contribution in [0.15, 0.2) is 24.3 Å². The molecule has 4 atom stereocenters. The molecule has 0 amide bonds. The maximum absolute atomic E-state index is 5.96. The molecule has 4 unspecified atom stereocenters. The van der Waals surface area contributed by atoms with Crippen molar-refractivity contribution in [3.05, 3.63) is 34.9 Å². The van der Waals surface area contributed by atoms with Crippen molar-refractivity contribution < 1.29 is 0 Å². The van der Waals surface area contributed by atoms with Crippen molar-refractivity contribution in [3.63, 3.8) is 0 Å². The van der Waals surface area contributed by atoms with Gasteiger partial charge in [-0.15, -0.1) is 0 Å². The largest absolute Gasteiger partial charge is 0.313 e. The van der Waals surface area contributed by atoms with Crippen molar-refractivity contribution in [2.75, 3.05) is 7.05 Å². The van der Waals surface area contributed by atoms with E-state index < -0.39 is 0 Å². The molecule has 1 nitrogen and oxygen atoms in total. The highest BCUT2D eigenvalue weighted by Crippen LogP contribution is 2.52. The molecule has 0 radical (unpaired) electrons. The van der Waals surface area contributed by atoms with Gasteiger partial charge in [0.05, 0.1) is 0 Å². The molecule has 3 rings (SSSR count). The van der Waals surface area contributed by atoms with Gasteiger partial charge in [-0.05, 0) is 61.8 Å². The first-order chi connectivity index (χ1) is 8.28. The van der Waals surface area contributed by atoms with Gasteiger partial charge in [0.1, 0.15) is 0 Å². The molecule has 2 aliphatic carbocycles. The van der Waals surface area contributed by atoms with Gasteiger partial charge in [-0.2, -0.15) is 0 Å². The summed E-state index contributed by atoms with van der Waals surface area (Å²) in [5.74, 6) is 2.79. The lowest BCUT2D eigenvalue weighted by molar-refractivity contribution is 0.259. The summed E-state index contributed by atoms with van der Waals surface area (Å²) in [6.07, 6.45) is 5.80. The predicted molar refractivity (Wildman–Crippen MR) is 72.2 cm³/mol. The molecule has 1 N–H and O–H groups in total. The van der Waals surface area contributed by atoms with Crippen LogP contribution in [-0.2, 0) is 0 Å². The van der Waals surface area contributed by atoms with Gasteiger partial charge >= 0.3 is 0 Å². The first-order valence-electron chi connectivity index (χ1n) is 6.70. The lowest BCUT2D eigenvalue weighted by atomic mass is 9.80. The van der Waals surface area contributed by atoms with Crippen molar-refractivity contribution in [2.45, 2.75) is 31.7 Å². The van der Waals surface area contributed by atoms with Crippen LogP contribution in [0.2, 0.25) is 5.02 Å². The van der Waals surface area contributed by atoms with Gasteiger partial charge in [0.15, 0.2) is 0 Å². The van der Waals surface area contributed by atoms with Gasteiger partial charge in [0, 0.05) is 11.1 Å². The third-order valence-corrected chi connectivity index (χ3v) is 5.01. The van der Waals surface area contributed by atoms with Crippen molar-refractivity contribution in [2.24, 2.45) is 17.8 Å². The van der Waals surface area contributed by atoms with Crippen LogP contribution in [0.1, 0.15) is 37.3 Å². The standard InChI is InChI=1S/C15H20ClN/c1-17-15(11-4-6-13(16)7-5-11)14-9-10-2-3-12(14)8-10/h4-7,10,12,14-15,17H,2-3,8-9H2,1H3. The average Bonchev–Trinajstić information content (AvgIpc) is 2.95. The fraction of sp³-hybridized carbons (Fsp3) is 0.600. The van der Waals surface area contributed by atoms with E-state index in [1.807, 2.05) is 12.1 Å². The molecule has 17 heavy (non-hydrogen) atoms. The summed E-state index contributed by atoms with van der Waals surface area (Å²) >= 11 is 5.96. The number of benzene rings is 1. The Morgan fingerprint density at radius 3 is 2.47 bits per heavy atom. The Bertz CT molecular complexity index is 386. The molecule has 92 valence electrons. The molecule has 0 aromatic heterocycles. The lowest BCUT2D eigenvalue weighted by Gasteiger charge is -2.30. The van der Waals surface area contributed by atoms with Crippen molar-refractivity contribution >= 4 is 11.6 Å². The number of fused-ring (bicyclic) bond motifs is 2. The summed E-state index contributed by atoms with van der Waals surface area (Å²) in [6.45, 7) is 0. The maximum atomic E-state index is 5.96. The van der Waals surface area contributed by atoms with Crippen molar-refractivity contribution in [1.82, 2.24) is 5.32 Å². The van der Waals surface area contributed by atoms with Crippen LogP contribution in [0.3, 0.4) is 0 Å². The number of halogens is 1. The molecule has 2 heteroatoms. The molecule has 2 bridgehead atoms. The van der Waals surface area contributed by atoms with E-state index in [2.05, 4.69) is 24.5 Å². The zero-order valence-electron chi connectivity index (χ0n) is 10.3. The van der Waals surface area contributed by atoms with E-state index in [1.165, 1.54) is 31.2 Å². The Hall–Kier alpha value is -0.530. The number of rotatable bonds is 3. The third kappa shape index (κ3) is 2.11. The highest BCUT2D eigenvalue weighted by atomic mass is 35.5. The van der Waals surface area contributed by atoms with E-state index in [-0.39, 0.29) is 0 Å². The van der Waals surface area contributed by atoms with Crippen LogP contribution >= 0.6 is 11.6 Å². The maximum Gasteiger partial charge on any atom is 0.0406 e. The fourth-order valence-corrected chi connectivity index (χ4v) is 4.13. The summed E-state index contributed by atoms with van der Waals surface area (Å²) in [6, 6.07) is 8.89. The second-order valence-corrected chi connectivity index (χ2v) is 6.09. The Balaban J connectivity index is 1.81. The highest BCUT2D eigenvalue weighted by Gasteiger charge is 2.42. The predicted octanol–water partition coefficient (Wildman–Crippen LogP) is 4.04. The molecular formula is C15H20ClN. The summed E-state index contributed by atoms with van der Waals surface area (Å²) in [4.78, 5) is 0. The molecule has 0 spiro atoms. The Morgan fingerprint density at radius 2 is 1.94 bits per heavy atom. The molecule has 0 aliphatic heterocycles. The summed E-state index contributed by atoms with van der Waals surface area (Å²) in [5.41, 5.74) is 1.40. The zero-order valence-corrected chi connectivity index (χ0v) is 11.1. The second kappa shape index (κ2) is 4.62. The quantitative estimate of drug-likeness (QED) is 0.853. The van der Waals surface area contributed by atoms with Crippen LogP contribution in [0.4, 0.5) is 0 Å². The molecule has 2 fully saturated rings. The minimum Gasteiger partial charge on any atom is -0.313 e. The number of hydrogen-bond donors (Lipinski definition) is 1. The second-order valence-electron chi connectivity index (χ2n) is 5.66. The first-order valence-corrected chi connectivity index (χ1v) is 7.08. The zero-order chi connectivity index (χ0) is 11.8. The first kappa shape index (κ1) is 11.6. The SMILES string of the molecule is CNC(c1ccc(Cl)cc1)C1CC2CCC1C2. The molecule has 2 saturated carbocycles. The average molecular weight is 250 g/mol. The van der Waals surface area contributed by atoms with Crippen molar-refractivity contribution in [3.8, 4) is 0 Å². The number of nitrogens with one attached hydrogen (secondary N) is 1. The van der Waals surface area contributed by atoms with Gasteiger partial charge in [-0.1, -0.05) is 30.2 Å². The van der Waals surface area contributed by atoms with E-state index in [4.69, 9.17) is 11.6 Å². The van der Waals surface area contributed by atoms with E-state index in [9.17, 15) is 0 Å². The monoisotopic (exact) mass is 249 g/mol. The van der Waals surface area contributed by atoms with Crippen LogP contribution in [-0.4, -0.2) is 7.05 Å². The minimum absolute atomic E-state index is 0.516. The summed E-state index contributed by atoms with van der Waals surface area (Å²) < 4.78 is 0. The van der Waals surface area contributed by atoms with E-state index in [1.54, 1.807) is 0 Å².